The summed E-state index contributed by atoms with van der Waals surface area (Å²) in [4.78, 5) is 4.35. The maximum atomic E-state index is 9.58. The van der Waals surface area contributed by atoms with E-state index in [9.17, 15) is 5.26 Å². The minimum absolute atomic E-state index is 0.316. The fraction of sp³-hybridized carbons (Fsp3) is 0.600. The summed E-state index contributed by atoms with van der Waals surface area (Å²) in [6.45, 7) is 0. The van der Waals surface area contributed by atoms with Gasteiger partial charge >= 0.3 is 0 Å². The minimum Gasteiger partial charge on any atom is -0.297 e. The average molecular weight is 308 g/mol. The van der Waals surface area contributed by atoms with Gasteiger partial charge in [0, 0.05) is 17.5 Å². The second kappa shape index (κ2) is 5.93. The maximum absolute atomic E-state index is 9.58. The van der Waals surface area contributed by atoms with Crippen LogP contribution in [0.4, 0.5) is 0 Å². The summed E-state index contributed by atoms with van der Waals surface area (Å²) >= 11 is 7.64. The van der Waals surface area contributed by atoms with Gasteiger partial charge in [-0.25, -0.2) is 4.98 Å². The van der Waals surface area contributed by atoms with Crippen molar-refractivity contribution in [2.45, 2.75) is 60.4 Å². The Morgan fingerprint density at radius 3 is 2.90 bits per heavy atom. The molecule has 2 unspecified atom stereocenters. The molecule has 2 fully saturated rings. The van der Waals surface area contributed by atoms with Gasteiger partial charge in [-0.2, -0.15) is 5.26 Å². The lowest BCUT2D eigenvalue weighted by Crippen LogP contribution is -2.49. The van der Waals surface area contributed by atoms with E-state index in [1.807, 2.05) is 12.1 Å². The molecule has 3 rings (SSSR count). The Morgan fingerprint density at radius 1 is 1.40 bits per heavy atom. The van der Waals surface area contributed by atoms with Gasteiger partial charge < -0.3 is 0 Å². The Morgan fingerprint density at radius 2 is 2.25 bits per heavy atom. The zero-order chi connectivity index (χ0) is 14.0. The number of hydrogen-bond donors (Lipinski definition) is 1. The summed E-state index contributed by atoms with van der Waals surface area (Å²) in [5, 5.41) is 15.3. The predicted octanol–water partition coefficient (Wildman–Crippen LogP) is 3.78. The molecule has 1 heterocycles. The van der Waals surface area contributed by atoms with Gasteiger partial charge in [0.15, 0.2) is 0 Å². The molecule has 5 heteroatoms. The molecule has 0 bridgehead atoms. The van der Waals surface area contributed by atoms with Gasteiger partial charge in [-0.1, -0.05) is 11.6 Å². The molecule has 3 nitrogen and oxygen atoms in total. The fourth-order valence-corrected chi connectivity index (χ4v) is 4.18. The van der Waals surface area contributed by atoms with Crippen LogP contribution < -0.4 is 5.32 Å². The highest BCUT2D eigenvalue weighted by Gasteiger charge is 2.40. The van der Waals surface area contributed by atoms with Crippen molar-refractivity contribution in [1.82, 2.24) is 10.3 Å². The van der Waals surface area contributed by atoms with Crippen LogP contribution in [0.5, 0.6) is 0 Å². The van der Waals surface area contributed by atoms with Gasteiger partial charge in [0.1, 0.15) is 5.54 Å². The van der Waals surface area contributed by atoms with Crippen molar-refractivity contribution in [2.75, 3.05) is 0 Å². The molecule has 2 aliphatic rings. The second-order valence-electron chi connectivity index (χ2n) is 5.76. The third-order valence-corrected chi connectivity index (χ3v) is 5.41. The van der Waals surface area contributed by atoms with E-state index in [0.29, 0.717) is 16.3 Å². The number of aromatic nitrogens is 1. The van der Waals surface area contributed by atoms with E-state index in [2.05, 4.69) is 16.4 Å². The van der Waals surface area contributed by atoms with Gasteiger partial charge in [0.25, 0.3) is 0 Å². The van der Waals surface area contributed by atoms with E-state index in [4.69, 9.17) is 11.6 Å². The van der Waals surface area contributed by atoms with Crippen LogP contribution in [0.25, 0.3) is 0 Å². The number of nitrogens with one attached hydrogen (secondary N) is 1. The molecule has 1 N–H and O–H groups in total. The van der Waals surface area contributed by atoms with Crippen molar-refractivity contribution in [1.29, 1.82) is 5.26 Å². The van der Waals surface area contributed by atoms with Crippen LogP contribution >= 0.6 is 23.4 Å². The molecule has 2 aliphatic carbocycles. The number of nitrogens with zero attached hydrogens (tertiary/aromatic N) is 2. The third-order valence-electron chi connectivity index (χ3n) is 3.97. The molecule has 0 aliphatic heterocycles. The highest BCUT2D eigenvalue weighted by molar-refractivity contribution is 7.99. The standard InChI is InChI=1S/C15H18ClN3S/c16-11-3-6-14(18-9-11)20-13-2-1-7-15(8-13,10-17)19-12-4-5-12/h3,6,9,12-13,19H,1-2,4-5,7-8H2. The van der Waals surface area contributed by atoms with E-state index in [1.54, 1.807) is 18.0 Å². The summed E-state index contributed by atoms with van der Waals surface area (Å²) in [6.07, 6.45) is 8.29. The SMILES string of the molecule is N#CC1(NC2CC2)CCCC(Sc2ccc(Cl)cn2)C1. The lowest BCUT2D eigenvalue weighted by atomic mass is 9.82. The quantitative estimate of drug-likeness (QED) is 0.919. The summed E-state index contributed by atoms with van der Waals surface area (Å²) in [5.74, 6) is 0. The molecule has 2 saturated carbocycles. The lowest BCUT2D eigenvalue weighted by molar-refractivity contribution is 0.301. The first-order chi connectivity index (χ1) is 9.69. The average Bonchev–Trinajstić information content (AvgIpc) is 3.26. The van der Waals surface area contributed by atoms with Crippen LogP contribution in [0.1, 0.15) is 38.5 Å². The molecule has 20 heavy (non-hydrogen) atoms. The molecule has 1 aromatic rings. The van der Waals surface area contributed by atoms with Gasteiger partial charge in [-0.15, -0.1) is 11.8 Å². The number of thioether (sulfide) groups is 1. The largest absolute Gasteiger partial charge is 0.297 e. The van der Waals surface area contributed by atoms with Crippen LogP contribution in [0.3, 0.4) is 0 Å². The predicted molar refractivity (Wildman–Crippen MR) is 81.9 cm³/mol. The van der Waals surface area contributed by atoms with Crippen LogP contribution in [-0.2, 0) is 0 Å². The fourth-order valence-electron chi connectivity index (χ4n) is 2.81. The van der Waals surface area contributed by atoms with E-state index < -0.39 is 0 Å². The highest BCUT2D eigenvalue weighted by atomic mass is 35.5. The monoisotopic (exact) mass is 307 g/mol. The number of hydrogen-bond acceptors (Lipinski definition) is 4. The minimum atomic E-state index is -0.316. The first-order valence-corrected chi connectivity index (χ1v) is 8.42. The summed E-state index contributed by atoms with van der Waals surface area (Å²) in [6, 6.07) is 6.96. The van der Waals surface area contributed by atoms with Gasteiger partial charge in [-0.05, 0) is 50.7 Å². The van der Waals surface area contributed by atoms with Crippen LogP contribution in [0.2, 0.25) is 5.02 Å². The topological polar surface area (TPSA) is 48.7 Å². The highest BCUT2D eigenvalue weighted by Crippen LogP contribution is 2.39. The molecule has 0 amide bonds. The zero-order valence-electron chi connectivity index (χ0n) is 11.3. The first-order valence-electron chi connectivity index (χ1n) is 7.16. The van der Waals surface area contributed by atoms with Gasteiger partial charge in [-0.3, -0.25) is 5.32 Å². The van der Waals surface area contributed by atoms with Gasteiger partial charge in [0.05, 0.1) is 16.1 Å². The Bertz CT molecular complexity index is 509. The molecule has 0 aromatic carbocycles. The van der Waals surface area contributed by atoms with Gasteiger partial charge in [0.2, 0.25) is 0 Å². The van der Waals surface area contributed by atoms with E-state index in [-0.39, 0.29) is 5.54 Å². The lowest BCUT2D eigenvalue weighted by Gasteiger charge is -2.36. The van der Waals surface area contributed by atoms with Crippen molar-refractivity contribution in [3.8, 4) is 6.07 Å². The van der Waals surface area contributed by atoms with Crippen molar-refractivity contribution in [3.05, 3.63) is 23.4 Å². The molecular weight excluding hydrogens is 290 g/mol. The molecule has 2 atom stereocenters. The molecule has 0 radical (unpaired) electrons. The van der Waals surface area contributed by atoms with E-state index in [1.165, 1.54) is 12.8 Å². The Kier molecular flexibility index (Phi) is 4.21. The Hall–Kier alpha value is -0.760. The zero-order valence-corrected chi connectivity index (χ0v) is 12.9. The molecular formula is C15H18ClN3S. The van der Waals surface area contributed by atoms with Crippen LogP contribution in [-0.4, -0.2) is 21.8 Å². The summed E-state index contributed by atoms with van der Waals surface area (Å²) in [5.41, 5.74) is -0.316. The number of halogens is 1. The van der Waals surface area contributed by atoms with Crippen molar-refractivity contribution in [2.24, 2.45) is 0 Å². The van der Waals surface area contributed by atoms with Crippen molar-refractivity contribution >= 4 is 23.4 Å². The maximum Gasteiger partial charge on any atom is 0.108 e. The molecule has 0 saturated heterocycles. The Balaban J connectivity index is 1.64. The third kappa shape index (κ3) is 3.46. The smallest absolute Gasteiger partial charge is 0.108 e. The van der Waals surface area contributed by atoms with Crippen LogP contribution in [0, 0.1) is 11.3 Å². The molecule has 106 valence electrons. The first kappa shape index (κ1) is 14.2. The number of rotatable bonds is 4. The van der Waals surface area contributed by atoms with Crippen molar-refractivity contribution in [3.63, 3.8) is 0 Å². The van der Waals surface area contributed by atoms with Crippen LogP contribution in [0.15, 0.2) is 23.4 Å². The molecule has 1 aromatic heterocycles. The van der Waals surface area contributed by atoms with Crippen molar-refractivity contribution < 1.29 is 0 Å². The number of pyridine rings is 1. The summed E-state index contributed by atoms with van der Waals surface area (Å²) in [7, 11) is 0. The Labute approximate surface area is 129 Å². The summed E-state index contributed by atoms with van der Waals surface area (Å²) < 4.78 is 0. The normalized spacial score (nSPS) is 29.9. The van der Waals surface area contributed by atoms with E-state index >= 15 is 0 Å². The second-order valence-corrected chi connectivity index (χ2v) is 7.52. The molecule has 0 spiro atoms. The van der Waals surface area contributed by atoms with E-state index in [0.717, 1.165) is 30.7 Å². The number of nitriles is 1.